The summed E-state index contributed by atoms with van der Waals surface area (Å²) >= 11 is 0. The third kappa shape index (κ3) is 5.45. The molecule has 2 aromatic rings. The van der Waals surface area contributed by atoms with E-state index in [1.807, 2.05) is 40.1 Å². The Morgan fingerprint density at radius 2 is 1.52 bits per heavy atom. The van der Waals surface area contributed by atoms with E-state index in [-0.39, 0.29) is 29.1 Å². The van der Waals surface area contributed by atoms with Crippen molar-refractivity contribution in [3.05, 3.63) is 65.7 Å². The number of sulfone groups is 1. The number of carbonyl (C=O) groups is 2. The van der Waals surface area contributed by atoms with Gasteiger partial charge in [0.15, 0.2) is 15.6 Å². The second-order valence-corrected chi connectivity index (χ2v) is 11.0. The molecule has 4 rings (SSSR count). The predicted molar refractivity (Wildman–Crippen MR) is 126 cm³/mol. The summed E-state index contributed by atoms with van der Waals surface area (Å²) in [5, 5.41) is 0. The van der Waals surface area contributed by atoms with Crippen molar-refractivity contribution in [2.24, 2.45) is 5.92 Å². The highest BCUT2D eigenvalue weighted by molar-refractivity contribution is 7.91. The van der Waals surface area contributed by atoms with Crippen LogP contribution < -0.4 is 4.74 Å². The number of likely N-dealkylation sites (tertiary alicyclic amines) is 1. The Hall–Kier alpha value is -2.71. The molecule has 0 radical (unpaired) electrons. The molecule has 2 aliphatic heterocycles. The summed E-state index contributed by atoms with van der Waals surface area (Å²) in [5.41, 5.74) is 1.54. The molecule has 2 saturated heterocycles. The van der Waals surface area contributed by atoms with Crippen molar-refractivity contribution in [1.82, 2.24) is 9.80 Å². The largest absolute Gasteiger partial charge is 0.497 e. The van der Waals surface area contributed by atoms with Gasteiger partial charge in [-0.05, 0) is 42.7 Å². The molecule has 0 aromatic heterocycles. The van der Waals surface area contributed by atoms with Gasteiger partial charge in [0.05, 0.1) is 18.6 Å². The highest BCUT2D eigenvalue weighted by Crippen LogP contribution is 2.29. The zero-order chi connectivity index (χ0) is 23.4. The van der Waals surface area contributed by atoms with Crippen LogP contribution in [-0.4, -0.2) is 74.7 Å². The number of hydrogen-bond acceptors (Lipinski definition) is 6. The summed E-state index contributed by atoms with van der Waals surface area (Å²) < 4.78 is 29.0. The summed E-state index contributed by atoms with van der Waals surface area (Å²) in [7, 11) is -1.45. The molecule has 7 nitrogen and oxygen atoms in total. The summed E-state index contributed by atoms with van der Waals surface area (Å²) in [5.74, 6) is 0.827. The molecule has 0 N–H and O–H groups in total. The highest BCUT2D eigenvalue weighted by Gasteiger charge is 2.37. The molecule has 0 bridgehead atoms. The van der Waals surface area contributed by atoms with E-state index in [1.54, 1.807) is 31.4 Å². The second kappa shape index (κ2) is 10.1. The molecule has 1 atom stereocenters. The van der Waals surface area contributed by atoms with E-state index in [1.165, 1.54) is 0 Å². The minimum absolute atomic E-state index is 0.0177. The summed E-state index contributed by atoms with van der Waals surface area (Å²) in [6.07, 6.45) is 1.24. The Morgan fingerprint density at radius 1 is 0.909 bits per heavy atom. The Morgan fingerprint density at radius 3 is 2.09 bits per heavy atom. The molecule has 2 aromatic carbocycles. The summed E-state index contributed by atoms with van der Waals surface area (Å²) in [6, 6.07) is 16.2. The number of ether oxygens (including phenoxy) is 1. The third-order valence-corrected chi connectivity index (χ3v) is 8.25. The van der Waals surface area contributed by atoms with Crippen molar-refractivity contribution >= 4 is 21.5 Å². The van der Waals surface area contributed by atoms with E-state index < -0.39 is 15.9 Å². The molecule has 0 aliphatic carbocycles. The van der Waals surface area contributed by atoms with Gasteiger partial charge in [-0.3, -0.25) is 14.5 Å². The van der Waals surface area contributed by atoms with Gasteiger partial charge >= 0.3 is 0 Å². The molecule has 176 valence electrons. The van der Waals surface area contributed by atoms with E-state index in [9.17, 15) is 18.0 Å². The molecule has 8 heteroatoms. The minimum Gasteiger partial charge on any atom is -0.497 e. The predicted octanol–water partition coefficient (Wildman–Crippen LogP) is 2.59. The van der Waals surface area contributed by atoms with Gasteiger partial charge in [-0.25, -0.2) is 8.42 Å². The van der Waals surface area contributed by atoms with Crippen molar-refractivity contribution in [3.63, 3.8) is 0 Å². The number of rotatable bonds is 6. The number of nitrogens with zero attached hydrogens (tertiary/aromatic N) is 2. The van der Waals surface area contributed by atoms with E-state index in [0.29, 0.717) is 50.3 Å². The maximum atomic E-state index is 13.6. The lowest BCUT2D eigenvalue weighted by atomic mass is 9.88. The van der Waals surface area contributed by atoms with E-state index in [4.69, 9.17) is 4.74 Å². The van der Waals surface area contributed by atoms with Crippen molar-refractivity contribution in [2.75, 3.05) is 44.8 Å². The van der Waals surface area contributed by atoms with Crippen LogP contribution in [0.3, 0.4) is 0 Å². The maximum Gasteiger partial charge on any atom is 0.244 e. The minimum atomic E-state index is -3.04. The molecule has 2 aliphatic rings. The number of carbonyl (C=O) groups excluding carboxylic acids is 2. The van der Waals surface area contributed by atoms with Gasteiger partial charge in [-0.1, -0.05) is 30.3 Å². The lowest BCUT2D eigenvalue weighted by molar-refractivity contribution is -0.138. The van der Waals surface area contributed by atoms with Crippen LogP contribution in [0.1, 0.15) is 34.8 Å². The van der Waals surface area contributed by atoms with Gasteiger partial charge in [-0.15, -0.1) is 0 Å². The zero-order valence-electron chi connectivity index (χ0n) is 18.9. The smallest absolute Gasteiger partial charge is 0.244 e. The monoisotopic (exact) mass is 470 g/mol. The van der Waals surface area contributed by atoms with E-state index in [0.717, 1.165) is 5.56 Å². The molecule has 2 heterocycles. The van der Waals surface area contributed by atoms with Crippen LogP contribution >= 0.6 is 0 Å². The Kier molecular flexibility index (Phi) is 7.14. The van der Waals surface area contributed by atoms with Crippen LogP contribution in [0, 0.1) is 5.92 Å². The number of methoxy groups -OCH3 is 1. The number of ketones is 1. The first-order valence-corrected chi connectivity index (χ1v) is 13.2. The summed E-state index contributed by atoms with van der Waals surface area (Å²) in [6.45, 7) is 1.72. The first-order valence-electron chi connectivity index (χ1n) is 11.3. The molecule has 0 saturated carbocycles. The second-order valence-electron chi connectivity index (χ2n) is 8.69. The number of Topliss-reactive ketones (excluding diaryl/α,β-unsaturated/α-hetero) is 1. The average molecular weight is 471 g/mol. The molecule has 33 heavy (non-hydrogen) atoms. The number of hydrogen-bond donors (Lipinski definition) is 0. The Balaban J connectivity index is 1.44. The van der Waals surface area contributed by atoms with Gasteiger partial charge in [0.25, 0.3) is 0 Å². The molecule has 1 unspecified atom stereocenters. The zero-order valence-corrected chi connectivity index (χ0v) is 19.7. The molecule has 2 fully saturated rings. The Bertz CT molecular complexity index is 1060. The van der Waals surface area contributed by atoms with Gasteiger partial charge in [0, 0.05) is 37.7 Å². The maximum absolute atomic E-state index is 13.6. The number of benzene rings is 2. The third-order valence-electron chi connectivity index (χ3n) is 6.65. The van der Waals surface area contributed by atoms with Gasteiger partial charge < -0.3 is 9.64 Å². The van der Waals surface area contributed by atoms with Crippen LogP contribution in [0.4, 0.5) is 0 Å². The molecule has 1 amide bonds. The molecular formula is C25H30N2O5S. The first kappa shape index (κ1) is 23.4. The van der Waals surface area contributed by atoms with Crippen molar-refractivity contribution in [2.45, 2.75) is 18.9 Å². The fourth-order valence-corrected chi connectivity index (χ4v) is 5.89. The highest BCUT2D eigenvalue weighted by atomic mass is 32.2. The van der Waals surface area contributed by atoms with Crippen LogP contribution in [0.15, 0.2) is 54.6 Å². The fourth-order valence-electron chi connectivity index (χ4n) is 4.66. The van der Waals surface area contributed by atoms with Crippen molar-refractivity contribution in [1.29, 1.82) is 0 Å². The van der Waals surface area contributed by atoms with Gasteiger partial charge in [-0.2, -0.15) is 0 Å². The normalized spacial score (nSPS) is 20.2. The van der Waals surface area contributed by atoms with Crippen molar-refractivity contribution < 1.29 is 22.7 Å². The fraction of sp³-hybridized carbons (Fsp3) is 0.440. The van der Waals surface area contributed by atoms with Crippen LogP contribution in [-0.2, 0) is 14.6 Å². The van der Waals surface area contributed by atoms with Gasteiger partial charge in [0.1, 0.15) is 11.8 Å². The van der Waals surface area contributed by atoms with E-state index in [2.05, 4.69) is 0 Å². The Labute approximate surface area is 195 Å². The van der Waals surface area contributed by atoms with Crippen molar-refractivity contribution in [3.8, 4) is 5.75 Å². The summed E-state index contributed by atoms with van der Waals surface area (Å²) in [4.78, 5) is 30.4. The molecule has 0 spiro atoms. The average Bonchev–Trinajstić information content (AvgIpc) is 2.85. The van der Waals surface area contributed by atoms with Crippen LogP contribution in [0.2, 0.25) is 0 Å². The topological polar surface area (TPSA) is 84.0 Å². The lowest BCUT2D eigenvalue weighted by Crippen LogP contribution is -2.50. The quantitative estimate of drug-likeness (QED) is 0.604. The van der Waals surface area contributed by atoms with Gasteiger partial charge in [0.2, 0.25) is 5.91 Å². The standard InChI is InChI=1S/C25H30N2O5S/c1-32-22-9-7-20(8-10-22)24(28)21-11-13-27(14-12-21)25(29)23(19-5-3-2-4-6-19)26-15-17-33(30,31)18-16-26/h2-10,21,23H,11-18H2,1H3. The van der Waals surface area contributed by atoms with Crippen LogP contribution in [0.5, 0.6) is 5.75 Å². The van der Waals surface area contributed by atoms with E-state index >= 15 is 0 Å². The van der Waals surface area contributed by atoms with Crippen LogP contribution in [0.25, 0.3) is 0 Å². The number of piperidine rings is 1. The lowest BCUT2D eigenvalue weighted by Gasteiger charge is -2.39. The number of amides is 1. The first-order chi connectivity index (χ1) is 15.9. The SMILES string of the molecule is COc1ccc(C(=O)C2CCN(C(=O)C(c3ccccc3)N3CCS(=O)(=O)CC3)CC2)cc1. The molecular weight excluding hydrogens is 440 g/mol.